The van der Waals surface area contributed by atoms with E-state index in [9.17, 15) is 4.79 Å². The van der Waals surface area contributed by atoms with Gasteiger partial charge >= 0.3 is 0 Å². The summed E-state index contributed by atoms with van der Waals surface area (Å²) >= 11 is 0. The van der Waals surface area contributed by atoms with Crippen molar-refractivity contribution in [2.45, 2.75) is 6.54 Å². The number of hydrogen-bond donors (Lipinski definition) is 2. The van der Waals surface area contributed by atoms with Crippen molar-refractivity contribution in [2.24, 2.45) is 5.73 Å². The Morgan fingerprint density at radius 2 is 2.20 bits per heavy atom. The quantitative estimate of drug-likeness (QED) is 0.718. The van der Waals surface area contributed by atoms with Gasteiger partial charge in [0, 0.05) is 26.0 Å². The summed E-state index contributed by atoms with van der Waals surface area (Å²) in [4.78, 5) is 16.1. The predicted molar refractivity (Wildman–Crippen MR) is 73.6 cm³/mol. The SMILES string of the molecule is CNC(=O)c1ccn(-c2nc3ccccn3c2CN)n1. The average molecular weight is 270 g/mol. The molecule has 102 valence electrons. The number of carbonyl (C=O) groups is 1. The van der Waals surface area contributed by atoms with Gasteiger partial charge in [0.05, 0.1) is 5.69 Å². The normalized spacial score (nSPS) is 10.9. The standard InChI is InChI=1S/C13H14N6O/c1-15-13(20)9-5-7-19(17-9)12-10(8-14)18-6-3-2-4-11(18)16-12/h2-7H,8,14H2,1H3,(H,15,20). The van der Waals surface area contributed by atoms with Crippen LogP contribution in [0.5, 0.6) is 0 Å². The van der Waals surface area contributed by atoms with Crippen LogP contribution in [-0.2, 0) is 6.54 Å². The summed E-state index contributed by atoms with van der Waals surface area (Å²) in [6.45, 7) is 0.329. The fourth-order valence-corrected chi connectivity index (χ4v) is 2.10. The van der Waals surface area contributed by atoms with Crippen LogP contribution in [-0.4, -0.2) is 32.1 Å². The van der Waals surface area contributed by atoms with Crippen LogP contribution >= 0.6 is 0 Å². The highest BCUT2D eigenvalue weighted by molar-refractivity contribution is 5.91. The molecule has 0 radical (unpaired) electrons. The summed E-state index contributed by atoms with van der Waals surface area (Å²) in [7, 11) is 1.57. The molecule has 0 aliphatic heterocycles. The maximum Gasteiger partial charge on any atom is 0.271 e. The second kappa shape index (κ2) is 4.78. The number of aromatic nitrogens is 4. The first-order valence-corrected chi connectivity index (χ1v) is 6.18. The summed E-state index contributed by atoms with van der Waals surface area (Å²) < 4.78 is 3.48. The Kier molecular flexibility index (Phi) is 2.96. The highest BCUT2D eigenvalue weighted by Crippen LogP contribution is 2.16. The second-order valence-corrected chi connectivity index (χ2v) is 4.24. The Hall–Kier alpha value is -2.67. The molecule has 1 amide bonds. The molecule has 0 unspecified atom stereocenters. The molecule has 0 aliphatic rings. The topological polar surface area (TPSA) is 90.2 Å². The van der Waals surface area contributed by atoms with Crippen molar-refractivity contribution >= 4 is 11.6 Å². The lowest BCUT2D eigenvalue weighted by Crippen LogP contribution is -2.18. The van der Waals surface area contributed by atoms with E-state index in [1.807, 2.05) is 28.8 Å². The molecule has 3 aromatic heterocycles. The number of pyridine rings is 1. The Balaban J connectivity index is 2.14. The van der Waals surface area contributed by atoms with Crippen molar-refractivity contribution in [3.8, 4) is 5.82 Å². The third-order valence-electron chi connectivity index (χ3n) is 3.07. The predicted octanol–water partition coefficient (Wildman–Crippen LogP) is 0.338. The van der Waals surface area contributed by atoms with Crippen molar-refractivity contribution in [3.63, 3.8) is 0 Å². The molecule has 3 aromatic rings. The van der Waals surface area contributed by atoms with Crippen LogP contribution in [0.1, 0.15) is 16.2 Å². The molecule has 0 bridgehead atoms. The first-order valence-electron chi connectivity index (χ1n) is 6.18. The van der Waals surface area contributed by atoms with Crippen molar-refractivity contribution in [1.82, 2.24) is 24.5 Å². The molecule has 0 atom stereocenters. The smallest absolute Gasteiger partial charge is 0.271 e. The molecular formula is C13H14N6O. The van der Waals surface area contributed by atoms with Crippen LogP contribution in [0.2, 0.25) is 0 Å². The average Bonchev–Trinajstić information content (AvgIpc) is 3.10. The van der Waals surface area contributed by atoms with E-state index in [-0.39, 0.29) is 5.91 Å². The molecule has 7 nitrogen and oxygen atoms in total. The Labute approximate surface area is 115 Å². The van der Waals surface area contributed by atoms with E-state index in [4.69, 9.17) is 5.73 Å². The van der Waals surface area contributed by atoms with Crippen LogP contribution < -0.4 is 11.1 Å². The maximum atomic E-state index is 11.5. The van der Waals surface area contributed by atoms with Gasteiger partial charge in [-0.3, -0.25) is 4.79 Å². The lowest BCUT2D eigenvalue weighted by Gasteiger charge is -2.01. The summed E-state index contributed by atoms with van der Waals surface area (Å²) in [6, 6.07) is 7.36. The number of rotatable bonds is 3. The Morgan fingerprint density at radius 1 is 1.35 bits per heavy atom. The van der Waals surface area contributed by atoms with Gasteiger partial charge in [0.1, 0.15) is 5.65 Å². The first-order chi connectivity index (χ1) is 9.74. The highest BCUT2D eigenvalue weighted by atomic mass is 16.1. The molecule has 0 fully saturated rings. The molecule has 0 aromatic carbocycles. The molecule has 0 aliphatic carbocycles. The monoisotopic (exact) mass is 270 g/mol. The zero-order valence-electron chi connectivity index (χ0n) is 10.9. The minimum Gasteiger partial charge on any atom is -0.354 e. The van der Waals surface area contributed by atoms with E-state index in [1.54, 1.807) is 24.0 Å². The van der Waals surface area contributed by atoms with Gasteiger partial charge < -0.3 is 15.5 Å². The third kappa shape index (κ3) is 1.84. The summed E-state index contributed by atoms with van der Waals surface area (Å²) in [5.74, 6) is 0.399. The largest absolute Gasteiger partial charge is 0.354 e. The number of hydrogen-bond acceptors (Lipinski definition) is 4. The van der Waals surface area contributed by atoms with Gasteiger partial charge in [-0.15, -0.1) is 0 Å². The fraction of sp³-hybridized carbons (Fsp3) is 0.154. The summed E-state index contributed by atoms with van der Waals surface area (Å²) in [5.41, 5.74) is 7.78. The van der Waals surface area contributed by atoms with Gasteiger partial charge in [-0.1, -0.05) is 6.07 Å². The fourth-order valence-electron chi connectivity index (χ4n) is 2.10. The number of carbonyl (C=O) groups excluding carboxylic acids is 1. The van der Waals surface area contributed by atoms with Gasteiger partial charge in [-0.05, 0) is 18.2 Å². The van der Waals surface area contributed by atoms with Gasteiger partial charge in [0.15, 0.2) is 11.5 Å². The van der Waals surface area contributed by atoms with Crippen molar-refractivity contribution in [3.05, 3.63) is 48.0 Å². The van der Waals surface area contributed by atoms with Crippen LogP contribution in [0.4, 0.5) is 0 Å². The van der Waals surface area contributed by atoms with Gasteiger partial charge in [-0.2, -0.15) is 5.10 Å². The van der Waals surface area contributed by atoms with Crippen molar-refractivity contribution in [2.75, 3.05) is 7.05 Å². The summed E-state index contributed by atoms with van der Waals surface area (Å²) in [6.07, 6.45) is 3.60. The minimum atomic E-state index is -0.234. The molecule has 7 heteroatoms. The lowest BCUT2D eigenvalue weighted by atomic mass is 10.4. The molecule has 0 spiro atoms. The second-order valence-electron chi connectivity index (χ2n) is 4.24. The molecule has 3 N–H and O–H groups in total. The molecular weight excluding hydrogens is 256 g/mol. The van der Waals surface area contributed by atoms with E-state index >= 15 is 0 Å². The van der Waals surface area contributed by atoms with E-state index in [0.717, 1.165) is 11.3 Å². The Morgan fingerprint density at radius 3 is 2.95 bits per heavy atom. The summed E-state index contributed by atoms with van der Waals surface area (Å²) in [5, 5.41) is 6.76. The highest BCUT2D eigenvalue weighted by Gasteiger charge is 2.15. The number of imidazole rings is 1. The van der Waals surface area contributed by atoms with Gasteiger partial charge in [-0.25, -0.2) is 9.67 Å². The zero-order chi connectivity index (χ0) is 14.1. The number of amides is 1. The van der Waals surface area contributed by atoms with Crippen LogP contribution in [0.25, 0.3) is 11.5 Å². The molecule has 0 saturated carbocycles. The molecule has 0 saturated heterocycles. The number of nitrogens with two attached hydrogens (primary N) is 1. The lowest BCUT2D eigenvalue weighted by molar-refractivity contribution is 0.0957. The third-order valence-corrected chi connectivity index (χ3v) is 3.07. The maximum absolute atomic E-state index is 11.5. The Bertz CT molecular complexity index is 772. The van der Waals surface area contributed by atoms with Crippen molar-refractivity contribution in [1.29, 1.82) is 0 Å². The first kappa shape index (κ1) is 12.4. The molecule has 3 heterocycles. The number of nitrogens with zero attached hydrogens (tertiary/aromatic N) is 4. The van der Waals surface area contributed by atoms with E-state index in [2.05, 4.69) is 15.4 Å². The zero-order valence-corrected chi connectivity index (χ0v) is 10.9. The van der Waals surface area contributed by atoms with Crippen molar-refractivity contribution < 1.29 is 4.79 Å². The van der Waals surface area contributed by atoms with Gasteiger partial charge in [0.2, 0.25) is 0 Å². The minimum absolute atomic E-state index is 0.234. The van der Waals surface area contributed by atoms with E-state index in [1.165, 1.54) is 0 Å². The molecule has 20 heavy (non-hydrogen) atoms. The number of nitrogens with one attached hydrogen (secondary N) is 1. The van der Waals surface area contributed by atoms with Crippen LogP contribution in [0.3, 0.4) is 0 Å². The van der Waals surface area contributed by atoms with Crippen LogP contribution in [0.15, 0.2) is 36.7 Å². The van der Waals surface area contributed by atoms with E-state index < -0.39 is 0 Å². The van der Waals surface area contributed by atoms with Gasteiger partial charge in [0.25, 0.3) is 5.91 Å². The van der Waals surface area contributed by atoms with Crippen LogP contribution in [0, 0.1) is 0 Å². The number of fused-ring (bicyclic) bond motifs is 1. The van der Waals surface area contributed by atoms with E-state index in [0.29, 0.717) is 18.1 Å². The molecule has 3 rings (SSSR count).